The first-order valence-electron chi connectivity index (χ1n) is 2.18. The minimum absolute atomic E-state index is 0. The molecule has 0 aliphatic rings. The third-order valence-electron chi connectivity index (χ3n) is 0.804. The van der Waals surface area contributed by atoms with Crippen molar-refractivity contribution in [3.8, 4) is 0 Å². The Kier molecular flexibility index (Phi) is 3.79. The van der Waals surface area contributed by atoms with E-state index in [0.717, 1.165) is 0 Å². The Balaban J connectivity index is 0.000000640. The van der Waals surface area contributed by atoms with Gasteiger partial charge in [0.05, 0.1) is 0 Å². The summed E-state index contributed by atoms with van der Waals surface area (Å²) in [7, 11) is 0. The maximum atomic E-state index is 10.5. The Morgan fingerprint density at radius 2 is 2.11 bits per heavy atom. The van der Waals surface area contributed by atoms with Gasteiger partial charge in [-0.1, -0.05) is 12.6 Å². The van der Waals surface area contributed by atoms with Crippen LogP contribution in [0.4, 0.5) is 0 Å². The molecule has 0 N–H and O–H groups in total. The molecule has 0 bridgehead atoms. The van der Waals surface area contributed by atoms with Crippen molar-refractivity contribution in [3.63, 3.8) is 0 Å². The molecule has 44 valence electrons. The summed E-state index contributed by atoms with van der Waals surface area (Å²) in [5.74, 6) is 0. The Morgan fingerprint density at radius 3 is 2.44 bits per heavy atom. The van der Waals surface area contributed by atoms with Gasteiger partial charge < -0.3 is 5.21 Å². The minimum Gasteiger partial charge on any atom is -0.618 e. The minimum atomic E-state index is 0. The fourth-order valence-electron chi connectivity index (χ4n) is 0.419. The molecule has 0 amide bonds. The predicted octanol–water partition coefficient (Wildman–Crippen LogP) is -0.0398. The largest absolute Gasteiger partial charge is 0.618 e. The molecule has 0 aliphatic carbocycles. The molecule has 0 radical (unpaired) electrons. The molecule has 4 heteroatoms. The first-order valence-corrected chi connectivity index (χ1v) is 2.62. The number of hydrogen-bond donors (Lipinski definition) is 1. The molecule has 1 heterocycles. The van der Waals surface area contributed by atoms with Crippen LogP contribution in [0, 0.1) is 5.21 Å². The van der Waals surface area contributed by atoms with Crippen LogP contribution in [-0.2, 0) is 0 Å². The number of aromatic nitrogens is 1. The summed E-state index contributed by atoms with van der Waals surface area (Å²) >= 11 is 3.85. The topological polar surface area (TPSA) is 26.9 Å². The molecular formula is C5H6LiNOS. The van der Waals surface area contributed by atoms with Gasteiger partial charge in [-0.05, 0) is 6.07 Å². The Hall–Kier alpha value is -0.103. The van der Waals surface area contributed by atoms with Crippen LogP contribution in [0.3, 0.4) is 0 Å². The van der Waals surface area contributed by atoms with Gasteiger partial charge in [-0.2, -0.15) is 4.73 Å². The van der Waals surface area contributed by atoms with Gasteiger partial charge in [0, 0.05) is 12.1 Å². The zero-order valence-electron chi connectivity index (χ0n) is 4.11. The molecule has 0 spiro atoms. The standard InChI is InChI=1S/C5H5NOS.Li.H/c7-6-4-2-1-3-5(6)8;;/h1-4,8H;;. The van der Waals surface area contributed by atoms with E-state index in [9.17, 15) is 5.21 Å². The van der Waals surface area contributed by atoms with E-state index >= 15 is 0 Å². The molecule has 2 nitrogen and oxygen atoms in total. The molecule has 1 aromatic rings. The monoisotopic (exact) mass is 135 g/mol. The summed E-state index contributed by atoms with van der Waals surface area (Å²) in [6, 6.07) is 5.06. The van der Waals surface area contributed by atoms with Crippen LogP contribution in [0.2, 0.25) is 0 Å². The molecule has 9 heavy (non-hydrogen) atoms. The maximum Gasteiger partial charge on any atom is 0.248 e. The Labute approximate surface area is 71.1 Å². The van der Waals surface area contributed by atoms with Crippen molar-refractivity contribution in [2.24, 2.45) is 0 Å². The predicted molar refractivity (Wildman–Crippen MR) is 39.8 cm³/mol. The second kappa shape index (κ2) is 3.84. The van der Waals surface area contributed by atoms with Gasteiger partial charge in [-0.15, -0.1) is 0 Å². The zero-order chi connectivity index (χ0) is 5.98. The summed E-state index contributed by atoms with van der Waals surface area (Å²) in [6.07, 6.45) is 1.41. The van der Waals surface area contributed by atoms with Gasteiger partial charge in [0.15, 0.2) is 6.20 Å². The first-order chi connectivity index (χ1) is 3.80. The Bertz CT molecular complexity index is 173. The van der Waals surface area contributed by atoms with Crippen molar-refractivity contribution in [1.29, 1.82) is 0 Å². The molecule has 0 aliphatic heterocycles. The van der Waals surface area contributed by atoms with Crippen LogP contribution in [0.5, 0.6) is 0 Å². The van der Waals surface area contributed by atoms with Crippen LogP contribution < -0.4 is 4.73 Å². The third kappa shape index (κ3) is 2.31. The zero-order valence-corrected chi connectivity index (χ0v) is 5.01. The van der Waals surface area contributed by atoms with E-state index < -0.39 is 0 Å². The summed E-state index contributed by atoms with van der Waals surface area (Å²) < 4.78 is 0.698. The molecule has 1 rings (SSSR count). The average Bonchev–Trinajstić information content (AvgIpc) is 1.77. The number of rotatable bonds is 0. The van der Waals surface area contributed by atoms with Crippen molar-refractivity contribution in [2.75, 3.05) is 0 Å². The molecule has 0 aromatic carbocycles. The SMILES string of the molecule is [LiH].[O-][n+]1ccccc1S. The van der Waals surface area contributed by atoms with Gasteiger partial charge >= 0.3 is 18.9 Å². The third-order valence-corrected chi connectivity index (χ3v) is 1.15. The van der Waals surface area contributed by atoms with E-state index in [1.165, 1.54) is 6.20 Å². The Morgan fingerprint density at radius 1 is 1.44 bits per heavy atom. The molecule has 0 unspecified atom stereocenters. The van der Waals surface area contributed by atoms with Gasteiger partial charge in [-0.25, -0.2) is 0 Å². The second-order valence-electron chi connectivity index (χ2n) is 1.38. The van der Waals surface area contributed by atoms with Crippen LogP contribution in [0.15, 0.2) is 29.4 Å². The molecule has 0 saturated heterocycles. The molecule has 0 fully saturated rings. The van der Waals surface area contributed by atoms with Crippen molar-refractivity contribution in [2.45, 2.75) is 5.03 Å². The molecular weight excluding hydrogens is 129 g/mol. The van der Waals surface area contributed by atoms with Crippen molar-refractivity contribution in [3.05, 3.63) is 29.6 Å². The second-order valence-corrected chi connectivity index (χ2v) is 1.84. The van der Waals surface area contributed by atoms with E-state index in [0.29, 0.717) is 9.76 Å². The van der Waals surface area contributed by atoms with Gasteiger partial charge in [-0.3, -0.25) is 0 Å². The van der Waals surface area contributed by atoms with Gasteiger partial charge in [0.1, 0.15) is 0 Å². The number of nitrogens with zero attached hydrogens (tertiary/aromatic N) is 1. The number of hydrogen-bond acceptors (Lipinski definition) is 2. The summed E-state index contributed by atoms with van der Waals surface area (Å²) in [4.78, 5) is 0. The summed E-state index contributed by atoms with van der Waals surface area (Å²) in [5, 5.41) is 10.9. The van der Waals surface area contributed by atoms with E-state index in [2.05, 4.69) is 12.6 Å². The van der Waals surface area contributed by atoms with E-state index in [-0.39, 0.29) is 18.9 Å². The number of pyridine rings is 1. The normalized spacial score (nSPS) is 8.11. The van der Waals surface area contributed by atoms with Gasteiger partial charge in [0.25, 0.3) is 0 Å². The van der Waals surface area contributed by atoms with Gasteiger partial charge in [0.2, 0.25) is 5.03 Å². The molecule has 1 aromatic heterocycles. The molecule has 0 atom stereocenters. The summed E-state index contributed by atoms with van der Waals surface area (Å²) in [6.45, 7) is 0. The van der Waals surface area contributed by atoms with Crippen molar-refractivity contribution in [1.82, 2.24) is 0 Å². The van der Waals surface area contributed by atoms with Crippen LogP contribution in [0.25, 0.3) is 0 Å². The fourth-order valence-corrected chi connectivity index (χ4v) is 0.572. The maximum absolute atomic E-state index is 10.5. The quantitative estimate of drug-likeness (QED) is 0.230. The first kappa shape index (κ1) is 8.90. The fraction of sp³-hybridized carbons (Fsp3) is 0. The molecule has 0 saturated carbocycles. The number of thiol groups is 1. The van der Waals surface area contributed by atoms with Crippen LogP contribution in [0.1, 0.15) is 0 Å². The van der Waals surface area contributed by atoms with E-state index in [1.807, 2.05) is 0 Å². The van der Waals surface area contributed by atoms with E-state index in [1.54, 1.807) is 18.2 Å². The van der Waals surface area contributed by atoms with Crippen molar-refractivity contribution >= 4 is 31.5 Å². The van der Waals surface area contributed by atoms with E-state index in [4.69, 9.17) is 0 Å². The smallest absolute Gasteiger partial charge is 0.248 e. The van der Waals surface area contributed by atoms with Crippen LogP contribution >= 0.6 is 12.6 Å². The van der Waals surface area contributed by atoms with Crippen LogP contribution in [-0.4, -0.2) is 18.9 Å². The van der Waals surface area contributed by atoms with Crippen molar-refractivity contribution < 1.29 is 4.73 Å². The average molecular weight is 135 g/mol. The summed E-state index contributed by atoms with van der Waals surface area (Å²) in [5.41, 5.74) is 0.